The Morgan fingerprint density at radius 3 is 2.59 bits per heavy atom. The Kier molecular flexibility index (Phi) is 5.90. The number of allylic oxidation sites excluding steroid dienone is 2. The van der Waals surface area contributed by atoms with E-state index in [2.05, 4.69) is 35.2 Å². The standard InChI is InChI=1S/C25H34N4O3/c1-15-12-25(31,13-16(2)32-15)18-5-6-20(28-23(30)22-27-14-21(26)29-22)19(11-18)17-7-9-24(3,4)10-8-17/h5-7,11,14-16,31H,8-10,12-13,26H2,1-4H3,(H,27,29)(H,28,30)/t15-,16+,25?. The Bertz CT molecular complexity index is 1030. The van der Waals surface area contributed by atoms with E-state index >= 15 is 0 Å². The van der Waals surface area contributed by atoms with Crippen LogP contribution in [0.4, 0.5) is 11.5 Å². The number of imidazole rings is 1. The second-order valence-electron chi connectivity index (χ2n) is 10.2. The molecule has 5 N–H and O–H groups in total. The molecule has 3 atom stereocenters. The first-order valence-electron chi connectivity index (χ1n) is 11.4. The van der Waals surface area contributed by atoms with E-state index in [1.54, 1.807) is 0 Å². The summed E-state index contributed by atoms with van der Waals surface area (Å²) >= 11 is 0. The van der Waals surface area contributed by atoms with E-state index < -0.39 is 5.60 Å². The van der Waals surface area contributed by atoms with Crippen LogP contribution in [0.15, 0.2) is 30.5 Å². The third-order valence-electron chi connectivity index (χ3n) is 6.65. The minimum Gasteiger partial charge on any atom is -0.385 e. The maximum atomic E-state index is 12.8. The van der Waals surface area contributed by atoms with Gasteiger partial charge in [-0.25, -0.2) is 4.98 Å². The quantitative estimate of drug-likeness (QED) is 0.557. The van der Waals surface area contributed by atoms with Gasteiger partial charge in [0.25, 0.3) is 5.91 Å². The number of nitrogens with zero attached hydrogens (tertiary/aromatic N) is 1. The third kappa shape index (κ3) is 4.74. The van der Waals surface area contributed by atoms with Crippen LogP contribution < -0.4 is 11.1 Å². The summed E-state index contributed by atoms with van der Waals surface area (Å²) < 4.78 is 5.85. The number of nitrogens with two attached hydrogens (primary N) is 1. The van der Waals surface area contributed by atoms with Crippen LogP contribution in [-0.4, -0.2) is 33.2 Å². The topological polar surface area (TPSA) is 113 Å². The van der Waals surface area contributed by atoms with Crippen LogP contribution in [0, 0.1) is 5.41 Å². The second-order valence-corrected chi connectivity index (χ2v) is 10.2. The van der Waals surface area contributed by atoms with Gasteiger partial charge < -0.3 is 25.9 Å². The van der Waals surface area contributed by atoms with Crippen LogP contribution in [-0.2, 0) is 10.3 Å². The van der Waals surface area contributed by atoms with E-state index in [0.29, 0.717) is 24.3 Å². The lowest BCUT2D eigenvalue weighted by Crippen LogP contribution is -2.41. The Morgan fingerprint density at radius 1 is 1.28 bits per heavy atom. The average Bonchev–Trinajstić information content (AvgIpc) is 3.14. The van der Waals surface area contributed by atoms with Crippen LogP contribution >= 0.6 is 0 Å². The number of amides is 1. The fourth-order valence-electron chi connectivity index (χ4n) is 4.92. The summed E-state index contributed by atoms with van der Waals surface area (Å²) in [5.41, 5.74) is 8.69. The van der Waals surface area contributed by atoms with Crippen LogP contribution in [0.2, 0.25) is 0 Å². The van der Waals surface area contributed by atoms with Gasteiger partial charge in [-0.1, -0.05) is 26.0 Å². The molecule has 1 aliphatic heterocycles. The summed E-state index contributed by atoms with van der Waals surface area (Å²) in [7, 11) is 0. The summed E-state index contributed by atoms with van der Waals surface area (Å²) in [5, 5.41) is 14.5. The first kappa shape index (κ1) is 22.6. The van der Waals surface area contributed by atoms with Gasteiger partial charge in [0.2, 0.25) is 0 Å². The molecule has 0 spiro atoms. The SMILES string of the molecule is C[C@@H]1CC(O)(c2ccc(NC(=O)c3ncc(N)[nH]3)c(C3=CCC(C)(C)CC3)c2)C[C@H](C)O1. The second kappa shape index (κ2) is 8.37. The van der Waals surface area contributed by atoms with Crippen molar-refractivity contribution in [2.45, 2.75) is 77.6 Å². The maximum absolute atomic E-state index is 12.8. The summed E-state index contributed by atoms with van der Waals surface area (Å²) in [5.74, 6) is 0.161. The highest BCUT2D eigenvalue weighted by atomic mass is 16.5. The fraction of sp³-hybridized carbons (Fsp3) is 0.520. The lowest BCUT2D eigenvalue weighted by atomic mass is 9.75. The molecule has 1 aromatic heterocycles. The van der Waals surface area contributed by atoms with Crippen molar-refractivity contribution in [1.29, 1.82) is 0 Å². The van der Waals surface area contributed by atoms with Crippen LogP contribution in [0.25, 0.3) is 5.57 Å². The molecule has 1 aromatic carbocycles. The van der Waals surface area contributed by atoms with E-state index in [-0.39, 0.29) is 29.4 Å². The Hall–Kier alpha value is -2.64. The molecule has 172 valence electrons. The van der Waals surface area contributed by atoms with Gasteiger partial charge in [-0.15, -0.1) is 0 Å². The molecule has 1 aliphatic carbocycles. The zero-order valence-corrected chi connectivity index (χ0v) is 19.4. The monoisotopic (exact) mass is 438 g/mol. The van der Waals surface area contributed by atoms with Gasteiger partial charge in [-0.2, -0.15) is 0 Å². The number of carbonyl (C=O) groups is 1. The zero-order valence-electron chi connectivity index (χ0n) is 19.4. The van der Waals surface area contributed by atoms with Gasteiger partial charge in [-0.05, 0) is 61.8 Å². The number of anilines is 2. The van der Waals surface area contributed by atoms with Gasteiger partial charge in [0.1, 0.15) is 5.82 Å². The van der Waals surface area contributed by atoms with Crippen molar-refractivity contribution in [1.82, 2.24) is 9.97 Å². The lowest BCUT2D eigenvalue weighted by molar-refractivity contribution is -0.135. The molecule has 2 aliphatic rings. The summed E-state index contributed by atoms with van der Waals surface area (Å²) in [6.07, 6.45) is 7.69. The number of hydrogen-bond donors (Lipinski definition) is 4. The number of rotatable bonds is 4. The Balaban J connectivity index is 1.71. The molecule has 2 aromatic rings. The van der Waals surface area contributed by atoms with E-state index in [1.807, 2.05) is 32.0 Å². The van der Waals surface area contributed by atoms with Crippen molar-refractivity contribution in [2.24, 2.45) is 5.41 Å². The Morgan fingerprint density at radius 2 is 2.00 bits per heavy atom. The third-order valence-corrected chi connectivity index (χ3v) is 6.65. The van der Waals surface area contributed by atoms with E-state index in [9.17, 15) is 9.90 Å². The molecular formula is C25H34N4O3. The first-order chi connectivity index (χ1) is 15.0. The molecule has 0 bridgehead atoms. The van der Waals surface area contributed by atoms with Gasteiger partial charge in [0.05, 0.1) is 24.0 Å². The number of benzene rings is 1. The van der Waals surface area contributed by atoms with Gasteiger partial charge in [-0.3, -0.25) is 4.79 Å². The highest BCUT2D eigenvalue weighted by molar-refractivity contribution is 6.03. The highest BCUT2D eigenvalue weighted by Crippen LogP contribution is 2.43. The zero-order chi connectivity index (χ0) is 23.1. The predicted molar refractivity (Wildman–Crippen MR) is 126 cm³/mol. The minimum atomic E-state index is -0.960. The number of ether oxygens (including phenoxy) is 1. The van der Waals surface area contributed by atoms with E-state index in [4.69, 9.17) is 10.5 Å². The first-order valence-corrected chi connectivity index (χ1v) is 11.4. The molecule has 1 fully saturated rings. The number of aliphatic hydroxyl groups is 1. The number of nitrogen functional groups attached to an aromatic ring is 1. The highest BCUT2D eigenvalue weighted by Gasteiger charge is 2.39. The molecule has 1 saturated heterocycles. The number of nitrogens with one attached hydrogen (secondary N) is 2. The molecule has 7 heteroatoms. The minimum absolute atomic E-state index is 0.0225. The van der Waals surface area contributed by atoms with Crippen molar-refractivity contribution in [3.63, 3.8) is 0 Å². The van der Waals surface area contributed by atoms with Gasteiger partial charge >= 0.3 is 0 Å². The summed E-state index contributed by atoms with van der Waals surface area (Å²) in [6.45, 7) is 8.54. The number of aromatic amines is 1. The number of hydrogen-bond acceptors (Lipinski definition) is 5. The molecule has 1 amide bonds. The fourth-order valence-corrected chi connectivity index (χ4v) is 4.92. The van der Waals surface area contributed by atoms with Crippen molar-refractivity contribution in [3.05, 3.63) is 47.4 Å². The van der Waals surface area contributed by atoms with Crippen molar-refractivity contribution in [3.8, 4) is 0 Å². The predicted octanol–water partition coefficient (Wildman–Crippen LogP) is 4.61. The molecule has 7 nitrogen and oxygen atoms in total. The molecule has 2 heterocycles. The van der Waals surface area contributed by atoms with Gasteiger partial charge in [0, 0.05) is 24.1 Å². The molecule has 4 rings (SSSR count). The molecule has 32 heavy (non-hydrogen) atoms. The average molecular weight is 439 g/mol. The van der Waals surface area contributed by atoms with Crippen molar-refractivity contribution < 1.29 is 14.6 Å². The van der Waals surface area contributed by atoms with Crippen LogP contribution in [0.5, 0.6) is 0 Å². The Labute approximate surface area is 189 Å². The van der Waals surface area contributed by atoms with Crippen molar-refractivity contribution >= 4 is 23.0 Å². The van der Waals surface area contributed by atoms with Crippen molar-refractivity contribution in [2.75, 3.05) is 11.1 Å². The number of H-pyrrole nitrogens is 1. The molecular weight excluding hydrogens is 404 g/mol. The van der Waals surface area contributed by atoms with E-state index in [1.165, 1.54) is 11.8 Å². The summed E-state index contributed by atoms with van der Waals surface area (Å²) in [6, 6.07) is 5.84. The van der Waals surface area contributed by atoms with Gasteiger partial charge in [0.15, 0.2) is 5.82 Å². The largest absolute Gasteiger partial charge is 0.385 e. The molecule has 0 saturated carbocycles. The number of carbonyl (C=O) groups excluding carboxylic acids is 1. The van der Waals surface area contributed by atoms with Crippen LogP contribution in [0.3, 0.4) is 0 Å². The molecule has 1 unspecified atom stereocenters. The smallest absolute Gasteiger partial charge is 0.291 e. The maximum Gasteiger partial charge on any atom is 0.291 e. The molecule has 0 radical (unpaired) electrons. The summed E-state index contributed by atoms with van der Waals surface area (Å²) in [4.78, 5) is 19.6. The normalized spacial score (nSPS) is 27.6. The number of aromatic nitrogens is 2. The van der Waals surface area contributed by atoms with E-state index in [0.717, 1.165) is 30.4 Å². The lowest BCUT2D eigenvalue weighted by Gasteiger charge is -2.40. The van der Waals surface area contributed by atoms with Crippen LogP contribution in [0.1, 0.15) is 81.5 Å².